The van der Waals surface area contributed by atoms with E-state index in [1.165, 1.54) is 5.06 Å². The summed E-state index contributed by atoms with van der Waals surface area (Å²) in [7, 11) is 0. The zero-order valence-electron chi connectivity index (χ0n) is 8.59. The van der Waals surface area contributed by atoms with Crippen molar-refractivity contribution in [3.05, 3.63) is 35.9 Å². The zero-order valence-corrected chi connectivity index (χ0v) is 8.59. The fraction of sp³-hybridized carbons (Fsp3) is 0.364. The average molecular weight is 206 g/mol. The van der Waals surface area contributed by atoms with Gasteiger partial charge in [0.05, 0.1) is 6.04 Å². The minimum absolute atomic E-state index is 0.0267. The van der Waals surface area contributed by atoms with Crippen molar-refractivity contribution < 1.29 is 9.63 Å². The van der Waals surface area contributed by atoms with E-state index in [0.29, 0.717) is 6.61 Å². The molecule has 15 heavy (non-hydrogen) atoms. The predicted molar refractivity (Wildman–Crippen MR) is 55.5 cm³/mol. The molecule has 1 saturated heterocycles. The lowest BCUT2D eigenvalue weighted by Crippen LogP contribution is -2.66. The van der Waals surface area contributed by atoms with Crippen LogP contribution in [0.5, 0.6) is 0 Å². The molecule has 1 aromatic carbocycles. The van der Waals surface area contributed by atoms with Crippen LogP contribution in [0.1, 0.15) is 12.5 Å². The Morgan fingerprint density at radius 3 is 2.67 bits per heavy atom. The summed E-state index contributed by atoms with van der Waals surface area (Å²) >= 11 is 0. The number of rotatable bonds is 3. The van der Waals surface area contributed by atoms with Crippen molar-refractivity contribution in [2.24, 2.45) is 5.73 Å². The second kappa shape index (κ2) is 4.00. The summed E-state index contributed by atoms with van der Waals surface area (Å²) in [5.74, 6) is -0.140. The van der Waals surface area contributed by atoms with E-state index in [1.807, 2.05) is 37.3 Å². The summed E-state index contributed by atoms with van der Waals surface area (Å²) in [5.41, 5.74) is 6.59. The summed E-state index contributed by atoms with van der Waals surface area (Å²) < 4.78 is 0. The summed E-state index contributed by atoms with van der Waals surface area (Å²) in [6.07, 6.45) is 0. The van der Waals surface area contributed by atoms with Crippen molar-refractivity contribution in [2.75, 3.05) is 0 Å². The van der Waals surface area contributed by atoms with Gasteiger partial charge in [0.15, 0.2) is 0 Å². The van der Waals surface area contributed by atoms with Gasteiger partial charge in [-0.15, -0.1) is 0 Å². The second-order valence-electron chi connectivity index (χ2n) is 3.69. The minimum Gasteiger partial charge on any atom is -0.318 e. The van der Waals surface area contributed by atoms with Gasteiger partial charge in [0.25, 0.3) is 5.91 Å². The predicted octanol–water partition coefficient (Wildman–Crippen LogP) is 0.676. The lowest BCUT2D eigenvalue weighted by atomic mass is 10.0. The molecule has 4 heteroatoms. The molecule has 0 saturated carbocycles. The van der Waals surface area contributed by atoms with E-state index in [9.17, 15) is 4.79 Å². The number of β-lactam (4-membered cyclic amide) rings is 1. The summed E-state index contributed by atoms with van der Waals surface area (Å²) in [4.78, 5) is 16.6. The van der Waals surface area contributed by atoms with Gasteiger partial charge in [-0.3, -0.25) is 9.63 Å². The Balaban J connectivity index is 1.87. The van der Waals surface area contributed by atoms with Crippen LogP contribution in [0.2, 0.25) is 0 Å². The molecule has 2 atom stereocenters. The van der Waals surface area contributed by atoms with Gasteiger partial charge < -0.3 is 5.73 Å². The molecule has 1 aliphatic rings. The maximum Gasteiger partial charge on any atom is 0.265 e. The first-order valence-corrected chi connectivity index (χ1v) is 4.95. The number of benzene rings is 1. The van der Waals surface area contributed by atoms with Crippen molar-refractivity contribution in [3.63, 3.8) is 0 Å². The first kappa shape index (κ1) is 10.1. The van der Waals surface area contributed by atoms with Gasteiger partial charge in [-0.25, -0.2) is 5.06 Å². The molecule has 80 valence electrons. The molecule has 1 aromatic rings. The number of hydrogen-bond donors (Lipinski definition) is 1. The molecule has 1 unspecified atom stereocenters. The van der Waals surface area contributed by atoms with E-state index in [2.05, 4.69) is 0 Å². The normalized spacial score (nSPS) is 25.2. The smallest absolute Gasteiger partial charge is 0.265 e. The summed E-state index contributed by atoms with van der Waals surface area (Å²) in [6, 6.07) is 9.29. The molecule has 0 aromatic heterocycles. The third kappa shape index (κ3) is 1.86. The maximum absolute atomic E-state index is 11.3. The molecule has 0 bridgehead atoms. The van der Waals surface area contributed by atoms with Crippen LogP contribution in [-0.2, 0) is 16.2 Å². The van der Waals surface area contributed by atoms with Crippen molar-refractivity contribution in [1.29, 1.82) is 0 Å². The van der Waals surface area contributed by atoms with Crippen molar-refractivity contribution >= 4 is 5.91 Å². The van der Waals surface area contributed by atoms with Gasteiger partial charge in [0, 0.05) is 0 Å². The van der Waals surface area contributed by atoms with E-state index < -0.39 is 6.04 Å². The van der Waals surface area contributed by atoms with Gasteiger partial charge in [-0.1, -0.05) is 30.3 Å². The molecule has 2 N–H and O–H groups in total. The quantitative estimate of drug-likeness (QED) is 0.740. The van der Waals surface area contributed by atoms with Gasteiger partial charge in [0.2, 0.25) is 0 Å². The Bertz CT molecular complexity index is 353. The number of nitrogens with two attached hydrogens (primary N) is 1. The van der Waals surface area contributed by atoms with Crippen LogP contribution in [0.25, 0.3) is 0 Å². The molecule has 1 aliphatic heterocycles. The maximum atomic E-state index is 11.3. The van der Waals surface area contributed by atoms with E-state index in [-0.39, 0.29) is 11.9 Å². The number of nitrogens with zero attached hydrogens (tertiary/aromatic N) is 1. The molecule has 0 spiro atoms. The molecular formula is C11H14N2O2. The summed E-state index contributed by atoms with van der Waals surface area (Å²) in [5, 5.41) is 1.34. The molecule has 0 aliphatic carbocycles. The highest BCUT2D eigenvalue weighted by molar-refractivity contribution is 5.87. The fourth-order valence-electron chi connectivity index (χ4n) is 1.52. The van der Waals surface area contributed by atoms with E-state index >= 15 is 0 Å². The second-order valence-corrected chi connectivity index (χ2v) is 3.69. The number of hydroxylamine groups is 2. The SMILES string of the molecule is CC1[C@H](N)C(=O)N1OCc1ccccc1. The molecule has 4 nitrogen and oxygen atoms in total. The highest BCUT2D eigenvalue weighted by atomic mass is 16.7. The Hall–Kier alpha value is -1.39. The van der Waals surface area contributed by atoms with Crippen LogP contribution in [0.3, 0.4) is 0 Å². The van der Waals surface area contributed by atoms with E-state index in [4.69, 9.17) is 10.6 Å². The largest absolute Gasteiger partial charge is 0.318 e. The Morgan fingerprint density at radius 2 is 2.07 bits per heavy atom. The Labute approximate surface area is 88.6 Å². The van der Waals surface area contributed by atoms with Gasteiger partial charge >= 0.3 is 0 Å². The lowest BCUT2D eigenvalue weighted by Gasteiger charge is -2.41. The van der Waals surface area contributed by atoms with Crippen LogP contribution in [-0.4, -0.2) is 23.1 Å². The van der Waals surface area contributed by atoms with Crippen LogP contribution in [0.15, 0.2) is 30.3 Å². The minimum atomic E-state index is -0.402. The van der Waals surface area contributed by atoms with Gasteiger partial charge in [-0.05, 0) is 12.5 Å². The Kier molecular flexibility index (Phi) is 2.70. The standard InChI is InChI=1S/C11H14N2O2/c1-8-10(12)11(14)13(8)15-7-9-5-3-2-4-6-9/h2-6,8,10H,7,12H2,1H3/t8?,10-/m0/s1. The Morgan fingerprint density at radius 1 is 1.40 bits per heavy atom. The molecule has 2 rings (SSSR count). The number of amides is 1. The van der Waals surface area contributed by atoms with E-state index in [0.717, 1.165) is 5.56 Å². The topological polar surface area (TPSA) is 55.6 Å². The number of hydrogen-bond acceptors (Lipinski definition) is 3. The van der Waals surface area contributed by atoms with Crippen molar-refractivity contribution in [3.8, 4) is 0 Å². The van der Waals surface area contributed by atoms with Crippen molar-refractivity contribution in [1.82, 2.24) is 5.06 Å². The van der Waals surface area contributed by atoms with Crippen LogP contribution < -0.4 is 5.73 Å². The fourth-order valence-corrected chi connectivity index (χ4v) is 1.52. The first-order valence-electron chi connectivity index (χ1n) is 4.95. The lowest BCUT2D eigenvalue weighted by molar-refractivity contribution is -0.234. The molecule has 1 fully saturated rings. The number of carbonyl (C=O) groups is 1. The molecular weight excluding hydrogens is 192 g/mol. The third-order valence-corrected chi connectivity index (χ3v) is 2.61. The van der Waals surface area contributed by atoms with Crippen molar-refractivity contribution in [2.45, 2.75) is 25.6 Å². The van der Waals surface area contributed by atoms with Crippen LogP contribution in [0.4, 0.5) is 0 Å². The van der Waals surface area contributed by atoms with E-state index in [1.54, 1.807) is 0 Å². The number of carbonyl (C=O) groups excluding carboxylic acids is 1. The molecule has 1 amide bonds. The highest BCUT2D eigenvalue weighted by Gasteiger charge is 2.43. The summed E-state index contributed by atoms with van der Waals surface area (Å²) in [6.45, 7) is 2.28. The van der Waals surface area contributed by atoms with Gasteiger partial charge in [-0.2, -0.15) is 0 Å². The molecule has 0 radical (unpaired) electrons. The molecule has 1 heterocycles. The van der Waals surface area contributed by atoms with Crippen LogP contribution in [0, 0.1) is 0 Å². The highest BCUT2D eigenvalue weighted by Crippen LogP contribution is 2.19. The first-order chi connectivity index (χ1) is 7.20. The monoisotopic (exact) mass is 206 g/mol. The zero-order chi connectivity index (χ0) is 10.8. The third-order valence-electron chi connectivity index (χ3n) is 2.61. The average Bonchev–Trinajstić information content (AvgIpc) is 2.30. The van der Waals surface area contributed by atoms with Crippen LogP contribution >= 0.6 is 0 Å². The van der Waals surface area contributed by atoms with Gasteiger partial charge in [0.1, 0.15) is 12.6 Å².